The van der Waals surface area contributed by atoms with Crippen LogP contribution in [0.15, 0.2) is 0 Å². The molecular weight excluding hydrogens is 260 g/mol. The molecule has 0 unspecified atom stereocenters. The molecular formula is C12H20N6O2. The molecule has 1 aromatic heterocycles. The quantitative estimate of drug-likeness (QED) is 0.562. The van der Waals surface area contributed by atoms with E-state index in [0.29, 0.717) is 37.7 Å². The van der Waals surface area contributed by atoms with Crippen LogP contribution in [-0.2, 0) is 4.74 Å². The molecule has 1 aliphatic heterocycles. The van der Waals surface area contributed by atoms with Gasteiger partial charge in [0.15, 0.2) is 0 Å². The Morgan fingerprint density at radius 1 is 1.25 bits per heavy atom. The molecule has 0 aromatic carbocycles. The van der Waals surface area contributed by atoms with Gasteiger partial charge in [0.1, 0.15) is 0 Å². The molecule has 8 nitrogen and oxygen atoms in total. The zero-order valence-electron chi connectivity index (χ0n) is 11.4. The fourth-order valence-corrected chi connectivity index (χ4v) is 2.10. The number of anilines is 2. The van der Waals surface area contributed by atoms with Gasteiger partial charge in [-0.3, -0.25) is 5.43 Å². The molecule has 0 radical (unpaired) electrons. The van der Waals surface area contributed by atoms with Crippen molar-refractivity contribution in [3.63, 3.8) is 0 Å². The molecule has 0 atom stereocenters. The van der Waals surface area contributed by atoms with Gasteiger partial charge in [-0.2, -0.15) is 15.0 Å². The van der Waals surface area contributed by atoms with Crippen LogP contribution in [0.3, 0.4) is 0 Å². The van der Waals surface area contributed by atoms with Gasteiger partial charge in [-0.05, 0) is 12.3 Å². The van der Waals surface area contributed by atoms with E-state index in [1.807, 2.05) is 4.90 Å². The first-order valence-electron chi connectivity index (χ1n) is 7.03. The largest absolute Gasteiger partial charge is 0.463 e. The maximum absolute atomic E-state index is 5.62. The van der Waals surface area contributed by atoms with Crippen LogP contribution in [0.4, 0.5) is 11.9 Å². The number of morpholine rings is 1. The molecule has 1 saturated heterocycles. The number of nitrogen functional groups attached to an aromatic ring is 1. The molecule has 0 spiro atoms. The third-order valence-corrected chi connectivity index (χ3v) is 3.48. The van der Waals surface area contributed by atoms with Gasteiger partial charge >= 0.3 is 6.01 Å². The summed E-state index contributed by atoms with van der Waals surface area (Å²) in [5.74, 6) is 7.13. The average molecular weight is 280 g/mol. The normalized spacial score (nSPS) is 18.9. The maximum atomic E-state index is 5.62. The Morgan fingerprint density at radius 3 is 2.75 bits per heavy atom. The van der Waals surface area contributed by atoms with Crippen molar-refractivity contribution in [3.8, 4) is 6.01 Å². The highest BCUT2D eigenvalue weighted by Crippen LogP contribution is 2.32. The number of hydrazine groups is 1. The van der Waals surface area contributed by atoms with Crippen molar-refractivity contribution in [1.29, 1.82) is 0 Å². The van der Waals surface area contributed by atoms with Crippen molar-refractivity contribution in [2.24, 2.45) is 11.8 Å². The lowest BCUT2D eigenvalue weighted by atomic mass is 10.3. The van der Waals surface area contributed by atoms with E-state index in [0.717, 1.165) is 25.4 Å². The smallest absolute Gasteiger partial charge is 0.323 e. The summed E-state index contributed by atoms with van der Waals surface area (Å²) in [6.45, 7) is 3.51. The van der Waals surface area contributed by atoms with Crippen molar-refractivity contribution < 1.29 is 9.47 Å². The van der Waals surface area contributed by atoms with Crippen molar-refractivity contribution in [2.45, 2.75) is 19.3 Å². The molecule has 2 aliphatic rings. The number of hydrogen-bond donors (Lipinski definition) is 2. The Morgan fingerprint density at radius 2 is 2.05 bits per heavy atom. The summed E-state index contributed by atoms with van der Waals surface area (Å²) in [6.07, 6.45) is 3.69. The van der Waals surface area contributed by atoms with Gasteiger partial charge in [0.2, 0.25) is 11.9 Å². The fourth-order valence-electron chi connectivity index (χ4n) is 2.10. The highest BCUT2D eigenvalue weighted by molar-refractivity contribution is 5.38. The van der Waals surface area contributed by atoms with Crippen LogP contribution < -0.4 is 20.9 Å². The van der Waals surface area contributed by atoms with E-state index in [4.69, 9.17) is 15.3 Å². The number of hydrogen-bond acceptors (Lipinski definition) is 8. The van der Waals surface area contributed by atoms with Crippen molar-refractivity contribution >= 4 is 11.9 Å². The Labute approximate surface area is 117 Å². The van der Waals surface area contributed by atoms with Gasteiger partial charge < -0.3 is 14.4 Å². The second-order valence-electron chi connectivity index (χ2n) is 5.07. The highest BCUT2D eigenvalue weighted by Gasteiger charge is 2.21. The SMILES string of the molecule is NNc1nc(OCCC2CC2)nc(N2CCOCC2)n1. The van der Waals surface area contributed by atoms with Crippen molar-refractivity contribution in [2.75, 3.05) is 43.2 Å². The first-order valence-corrected chi connectivity index (χ1v) is 7.03. The lowest BCUT2D eigenvalue weighted by Crippen LogP contribution is -2.37. The molecule has 1 saturated carbocycles. The zero-order valence-corrected chi connectivity index (χ0v) is 11.4. The second-order valence-corrected chi connectivity index (χ2v) is 5.07. The topological polar surface area (TPSA) is 98.4 Å². The Bertz CT molecular complexity index is 448. The number of ether oxygens (including phenoxy) is 2. The van der Waals surface area contributed by atoms with Gasteiger partial charge in [0.05, 0.1) is 19.8 Å². The highest BCUT2D eigenvalue weighted by atomic mass is 16.5. The summed E-state index contributed by atoms with van der Waals surface area (Å²) >= 11 is 0. The van der Waals surface area contributed by atoms with E-state index >= 15 is 0 Å². The molecule has 0 bridgehead atoms. The van der Waals surface area contributed by atoms with Crippen molar-refractivity contribution in [3.05, 3.63) is 0 Å². The minimum absolute atomic E-state index is 0.322. The van der Waals surface area contributed by atoms with Gasteiger partial charge in [-0.25, -0.2) is 5.84 Å². The molecule has 3 rings (SSSR count). The maximum Gasteiger partial charge on any atom is 0.323 e. The third kappa shape index (κ3) is 3.45. The summed E-state index contributed by atoms with van der Waals surface area (Å²) in [5.41, 5.74) is 2.46. The molecule has 8 heteroatoms. The molecule has 1 aliphatic carbocycles. The number of rotatable bonds is 6. The van der Waals surface area contributed by atoms with E-state index in [1.165, 1.54) is 12.8 Å². The summed E-state index contributed by atoms with van der Waals surface area (Å²) in [4.78, 5) is 14.8. The molecule has 1 aromatic rings. The zero-order chi connectivity index (χ0) is 13.8. The molecule has 3 N–H and O–H groups in total. The van der Waals surface area contributed by atoms with Crippen molar-refractivity contribution in [1.82, 2.24) is 15.0 Å². The van der Waals surface area contributed by atoms with E-state index in [-0.39, 0.29) is 0 Å². The Balaban J connectivity index is 1.67. The third-order valence-electron chi connectivity index (χ3n) is 3.48. The van der Waals surface area contributed by atoms with Crippen LogP contribution >= 0.6 is 0 Å². The number of nitrogens with one attached hydrogen (secondary N) is 1. The van der Waals surface area contributed by atoms with E-state index in [1.54, 1.807) is 0 Å². The number of nitrogens with zero attached hydrogens (tertiary/aromatic N) is 4. The van der Waals surface area contributed by atoms with Gasteiger partial charge in [-0.15, -0.1) is 0 Å². The molecule has 110 valence electrons. The van der Waals surface area contributed by atoms with Crippen LogP contribution in [0.25, 0.3) is 0 Å². The summed E-state index contributed by atoms with van der Waals surface area (Å²) in [5, 5.41) is 0. The van der Waals surface area contributed by atoms with Gasteiger partial charge in [-0.1, -0.05) is 12.8 Å². The monoisotopic (exact) mass is 280 g/mol. The predicted octanol–water partition coefficient (Wildman–Crippen LogP) is 0.173. The van der Waals surface area contributed by atoms with Crippen LogP contribution in [-0.4, -0.2) is 47.9 Å². The number of aromatic nitrogens is 3. The first kappa shape index (κ1) is 13.3. The predicted molar refractivity (Wildman–Crippen MR) is 73.5 cm³/mol. The lowest BCUT2D eigenvalue weighted by Gasteiger charge is -2.26. The Hall–Kier alpha value is -1.67. The molecule has 2 heterocycles. The minimum Gasteiger partial charge on any atom is -0.463 e. The summed E-state index contributed by atoms with van der Waals surface area (Å²) in [6, 6.07) is 0.329. The van der Waals surface area contributed by atoms with Crippen LogP contribution in [0.2, 0.25) is 0 Å². The van der Waals surface area contributed by atoms with Gasteiger partial charge in [0.25, 0.3) is 0 Å². The number of nitrogens with two attached hydrogens (primary N) is 1. The molecule has 0 amide bonds. The average Bonchev–Trinajstić information content (AvgIpc) is 3.32. The fraction of sp³-hybridized carbons (Fsp3) is 0.750. The van der Waals surface area contributed by atoms with E-state index < -0.39 is 0 Å². The summed E-state index contributed by atoms with van der Waals surface area (Å²) in [7, 11) is 0. The molecule has 20 heavy (non-hydrogen) atoms. The summed E-state index contributed by atoms with van der Waals surface area (Å²) < 4.78 is 10.9. The Kier molecular flexibility index (Phi) is 4.12. The van der Waals surface area contributed by atoms with E-state index in [2.05, 4.69) is 20.4 Å². The van der Waals surface area contributed by atoms with E-state index in [9.17, 15) is 0 Å². The minimum atomic E-state index is 0.322. The first-order chi connectivity index (χ1) is 9.85. The molecule has 2 fully saturated rings. The second kappa shape index (κ2) is 6.19. The lowest BCUT2D eigenvalue weighted by molar-refractivity contribution is 0.122. The van der Waals surface area contributed by atoms with Crippen LogP contribution in [0, 0.1) is 5.92 Å². The van der Waals surface area contributed by atoms with Crippen LogP contribution in [0.1, 0.15) is 19.3 Å². The standard InChI is InChI=1S/C12H20N6O2/c13-17-10-14-11(18-4-7-19-8-5-18)16-12(15-10)20-6-3-9-1-2-9/h9H,1-8,13H2,(H,14,15,16,17). The van der Waals surface area contributed by atoms with Crippen LogP contribution in [0.5, 0.6) is 6.01 Å². The van der Waals surface area contributed by atoms with Gasteiger partial charge in [0, 0.05) is 13.1 Å².